The Kier molecular flexibility index (Phi) is 15.9. The first kappa shape index (κ1) is 45.4. The van der Waals surface area contributed by atoms with E-state index in [9.17, 15) is 43.5 Å². The predicted molar refractivity (Wildman–Crippen MR) is 212 cm³/mol. The van der Waals surface area contributed by atoms with Crippen molar-refractivity contribution in [3.8, 4) is 0 Å². The number of carbonyl (C=O) groups excluding carboxylic acids is 7. The number of Topliss-reactive ketones (excluding diaryl/α,β-unsaturated/α-hetero) is 1. The molecule has 1 saturated carbocycles. The van der Waals surface area contributed by atoms with Crippen molar-refractivity contribution in [1.82, 2.24) is 26.2 Å². The highest BCUT2D eigenvalue weighted by atomic mass is 35.5. The molecule has 17 heteroatoms. The molecule has 1 aliphatic carbocycles. The predicted octanol–water partition coefficient (Wildman–Crippen LogP) is 2.81. The van der Waals surface area contributed by atoms with Gasteiger partial charge in [0.15, 0.2) is 0 Å². The number of nitrogens with one attached hydrogen (secondary N) is 4. The largest absolute Gasteiger partial charge is 0.478 e. The molecule has 2 fully saturated rings. The van der Waals surface area contributed by atoms with Crippen LogP contribution in [0.5, 0.6) is 0 Å². The molecule has 5 atom stereocenters. The van der Waals surface area contributed by atoms with Crippen molar-refractivity contribution in [1.29, 1.82) is 0 Å². The van der Waals surface area contributed by atoms with E-state index < -0.39 is 89.6 Å². The normalized spacial score (nSPS) is 18.6. The molecule has 0 spiro atoms. The van der Waals surface area contributed by atoms with Crippen LogP contribution in [0.15, 0.2) is 48.5 Å². The fourth-order valence-electron chi connectivity index (χ4n) is 7.44. The van der Waals surface area contributed by atoms with Crippen molar-refractivity contribution >= 4 is 58.8 Å². The van der Waals surface area contributed by atoms with Crippen LogP contribution in [0.1, 0.15) is 111 Å². The number of hydrogen-bond donors (Lipinski definition) is 6. The Labute approximate surface area is 342 Å². The molecule has 16 nitrogen and oxygen atoms in total. The Bertz CT molecular complexity index is 1880. The van der Waals surface area contributed by atoms with Gasteiger partial charge in [-0.25, -0.2) is 4.79 Å². The first-order chi connectivity index (χ1) is 27.4. The van der Waals surface area contributed by atoms with Crippen LogP contribution in [-0.2, 0) is 33.5 Å². The van der Waals surface area contributed by atoms with E-state index in [1.165, 1.54) is 41.3 Å². The van der Waals surface area contributed by atoms with Gasteiger partial charge in [0.1, 0.15) is 18.1 Å². The van der Waals surface area contributed by atoms with Gasteiger partial charge in [0, 0.05) is 18.0 Å². The fourth-order valence-corrected chi connectivity index (χ4v) is 7.64. The van der Waals surface area contributed by atoms with E-state index >= 15 is 0 Å². The van der Waals surface area contributed by atoms with Gasteiger partial charge in [0.2, 0.25) is 29.4 Å². The van der Waals surface area contributed by atoms with Crippen molar-refractivity contribution in [2.45, 2.75) is 115 Å². The van der Waals surface area contributed by atoms with Crippen molar-refractivity contribution in [2.24, 2.45) is 11.7 Å². The number of likely N-dealkylation sites (tertiary alicyclic amines) is 1. The molecule has 1 heterocycles. The summed E-state index contributed by atoms with van der Waals surface area (Å²) in [5, 5.41) is 20.1. The van der Waals surface area contributed by atoms with Crippen molar-refractivity contribution in [2.75, 3.05) is 13.1 Å². The lowest BCUT2D eigenvalue weighted by atomic mass is 9.83. The number of carbonyl (C=O) groups is 8. The minimum Gasteiger partial charge on any atom is -0.478 e. The number of ether oxygens (including phenoxy) is 1. The second-order valence-corrected chi connectivity index (χ2v) is 16.1. The van der Waals surface area contributed by atoms with Gasteiger partial charge < -0.3 is 41.7 Å². The van der Waals surface area contributed by atoms with E-state index in [2.05, 4.69) is 21.3 Å². The number of carboxylic acids is 1. The number of halogens is 1. The van der Waals surface area contributed by atoms with Crippen LogP contribution in [0.2, 0.25) is 5.02 Å². The molecule has 2 aromatic carbocycles. The molecular weight excluding hydrogens is 772 g/mol. The Morgan fingerprint density at radius 3 is 2.21 bits per heavy atom. The Balaban J connectivity index is 1.52. The van der Waals surface area contributed by atoms with Gasteiger partial charge in [-0.2, -0.15) is 0 Å². The highest BCUT2D eigenvalue weighted by Crippen LogP contribution is 2.31. The van der Waals surface area contributed by atoms with Gasteiger partial charge in [-0.3, -0.25) is 33.6 Å². The minimum absolute atomic E-state index is 0.0114. The maximum Gasteiger partial charge on any atom is 0.336 e. The summed E-state index contributed by atoms with van der Waals surface area (Å²) < 4.78 is 6.21. The van der Waals surface area contributed by atoms with Crippen LogP contribution in [0.25, 0.3) is 0 Å². The Morgan fingerprint density at radius 1 is 0.931 bits per heavy atom. The molecule has 0 bridgehead atoms. The number of aromatic carboxylic acids is 1. The summed E-state index contributed by atoms with van der Waals surface area (Å²) in [5.74, 6) is -7.52. The van der Waals surface area contributed by atoms with Crippen molar-refractivity contribution < 1.29 is 48.2 Å². The number of carboxylic acid groups (broad SMARTS) is 1. The number of primary amides is 1. The maximum atomic E-state index is 14.6. The van der Waals surface area contributed by atoms with E-state index in [1.807, 2.05) is 20.8 Å². The summed E-state index contributed by atoms with van der Waals surface area (Å²) in [6.45, 7) is 6.54. The third-order valence-electron chi connectivity index (χ3n) is 10.1. The van der Waals surface area contributed by atoms with Gasteiger partial charge >= 0.3 is 5.97 Å². The molecule has 2 unspecified atom stereocenters. The Hall–Kier alpha value is -5.35. The van der Waals surface area contributed by atoms with Crippen molar-refractivity contribution in [3.05, 3.63) is 70.2 Å². The number of amides is 6. The number of nitrogens with two attached hydrogens (primary N) is 1. The van der Waals surface area contributed by atoms with E-state index in [0.717, 1.165) is 19.3 Å². The topological polar surface area (TPSA) is 243 Å². The zero-order valence-electron chi connectivity index (χ0n) is 33.2. The van der Waals surface area contributed by atoms with Crippen LogP contribution in [0.4, 0.5) is 0 Å². The molecule has 4 rings (SSSR count). The highest BCUT2D eigenvalue weighted by molar-refractivity contribution is 6.38. The van der Waals surface area contributed by atoms with Gasteiger partial charge in [0.25, 0.3) is 11.8 Å². The molecule has 0 radical (unpaired) electrons. The highest BCUT2D eigenvalue weighted by Gasteiger charge is 2.46. The molecule has 58 heavy (non-hydrogen) atoms. The van der Waals surface area contributed by atoms with Gasteiger partial charge in [-0.05, 0) is 75.8 Å². The van der Waals surface area contributed by atoms with Crippen molar-refractivity contribution in [3.63, 3.8) is 0 Å². The van der Waals surface area contributed by atoms with E-state index in [-0.39, 0.29) is 36.4 Å². The lowest BCUT2D eigenvalue weighted by Crippen LogP contribution is -2.58. The summed E-state index contributed by atoms with van der Waals surface area (Å²) in [6, 6.07) is 6.96. The third kappa shape index (κ3) is 12.3. The summed E-state index contributed by atoms with van der Waals surface area (Å²) in [7, 11) is 0. The minimum atomic E-state index is -1.33. The molecule has 0 aromatic heterocycles. The standard InChI is InChI=1S/C41H53ClN6O10/c1-5-12-29(34(50)38(54)44-21-31(49)46-32(35(43)51)24-15-11-16-25(42)19-24)45-37(53)30-20-26(58-41(2,3)4)22-48(30)39(55)33(23-13-7-6-8-14-23)47-36(52)27-17-9-10-18-28(27)40(56)57/h9-11,15-19,23,26,29-30,32-33H,5-8,12-14,20-22H2,1-4H3,(H2,43,51)(H,44,54)(H,45,53)(H,46,49)(H,47,52)(H,56,57)/t26-,29?,30+,32?,33+/m1/s1. The van der Waals surface area contributed by atoms with Gasteiger partial charge in [-0.1, -0.05) is 68.5 Å². The monoisotopic (exact) mass is 824 g/mol. The molecule has 7 N–H and O–H groups in total. The van der Waals surface area contributed by atoms with E-state index in [0.29, 0.717) is 29.8 Å². The quantitative estimate of drug-likeness (QED) is 0.127. The maximum absolute atomic E-state index is 14.6. The zero-order valence-corrected chi connectivity index (χ0v) is 33.9. The van der Waals surface area contributed by atoms with Gasteiger partial charge in [-0.15, -0.1) is 0 Å². The second kappa shape index (κ2) is 20.4. The smallest absolute Gasteiger partial charge is 0.336 e. The second-order valence-electron chi connectivity index (χ2n) is 15.6. The summed E-state index contributed by atoms with van der Waals surface area (Å²) >= 11 is 6.01. The van der Waals surface area contributed by atoms with Crippen LogP contribution in [0, 0.1) is 5.92 Å². The molecule has 2 aliphatic rings. The van der Waals surface area contributed by atoms with Crippen LogP contribution in [0.3, 0.4) is 0 Å². The molecule has 314 valence electrons. The fraction of sp³-hybridized carbons (Fsp3) is 0.512. The summed E-state index contributed by atoms with van der Waals surface area (Å²) in [4.78, 5) is 107. The van der Waals surface area contributed by atoms with E-state index in [1.54, 1.807) is 19.1 Å². The van der Waals surface area contributed by atoms with Gasteiger partial charge in [0.05, 0.1) is 35.4 Å². The molecular formula is C41H53ClN6O10. The summed E-state index contributed by atoms with van der Waals surface area (Å²) in [5.41, 5.74) is 4.80. The average molecular weight is 825 g/mol. The first-order valence-electron chi connectivity index (χ1n) is 19.5. The number of hydrogen-bond acceptors (Lipinski definition) is 9. The molecule has 6 amide bonds. The van der Waals surface area contributed by atoms with Crippen LogP contribution >= 0.6 is 11.6 Å². The molecule has 1 aliphatic heterocycles. The summed E-state index contributed by atoms with van der Waals surface area (Å²) in [6.07, 6.45) is 3.69. The lowest BCUT2D eigenvalue weighted by molar-refractivity contribution is -0.143. The lowest BCUT2D eigenvalue weighted by Gasteiger charge is -2.35. The average Bonchev–Trinajstić information content (AvgIpc) is 3.59. The zero-order chi connectivity index (χ0) is 42.7. The van der Waals surface area contributed by atoms with E-state index in [4.69, 9.17) is 22.1 Å². The molecule has 2 aromatic rings. The number of benzene rings is 2. The number of rotatable bonds is 17. The third-order valence-corrected chi connectivity index (χ3v) is 10.3. The Morgan fingerprint density at radius 2 is 1.60 bits per heavy atom. The van der Waals surface area contributed by atoms with Crippen LogP contribution in [-0.4, -0.2) is 100 Å². The van der Waals surface area contributed by atoms with Crippen LogP contribution < -0.4 is 27.0 Å². The number of ketones is 1. The first-order valence-corrected chi connectivity index (χ1v) is 19.9. The molecule has 1 saturated heterocycles. The number of nitrogens with zero attached hydrogens (tertiary/aromatic N) is 1. The SMILES string of the molecule is CCCC(NC(=O)[C@@H]1C[C@@H](OC(C)(C)C)CN1C(=O)[C@@H](NC(=O)c1ccccc1C(=O)O)C1CCCCC1)C(=O)C(=O)NCC(=O)NC(C(N)=O)c1cccc(Cl)c1.